The van der Waals surface area contributed by atoms with E-state index in [0.717, 1.165) is 0 Å². The van der Waals surface area contributed by atoms with Gasteiger partial charge in [0.25, 0.3) is 0 Å². The van der Waals surface area contributed by atoms with Crippen LogP contribution >= 0.6 is 21.6 Å². The molecule has 5 amide bonds. The number of nitrogens with one attached hydrogen (secondary N) is 5. The van der Waals surface area contributed by atoms with Crippen LogP contribution in [-0.4, -0.2) is 71.3 Å². The first-order valence-corrected chi connectivity index (χ1v) is 14.7. The molecule has 0 unspecified atom stereocenters. The van der Waals surface area contributed by atoms with Crippen molar-refractivity contribution in [1.29, 1.82) is 0 Å². The Morgan fingerprint density at radius 1 is 0.686 bits per heavy atom. The maximum Gasteiger partial charge on any atom is 0.244 e. The number of carbonyl (C=O) groups excluding carboxylic acids is 5. The van der Waals surface area contributed by atoms with E-state index in [4.69, 9.17) is 0 Å². The van der Waals surface area contributed by atoms with E-state index in [1.165, 1.54) is 21.6 Å². The van der Waals surface area contributed by atoms with Crippen LogP contribution in [0.5, 0.6) is 0 Å². The molecule has 5 N–H and O–H groups in total. The maximum atomic E-state index is 13.3. The molecule has 0 spiro atoms. The van der Waals surface area contributed by atoms with Crippen molar-refractivity contribution < 1.29 is 24.0 Å². The Bertz CT molecular complexity index is 809. The summed E-state index contributed by atoms with van der Waals surface area (Å²) in [5.74, 6) is -2.10. The number of carbonyl (C=O) groups is 5. The first-order chi connectivity index (χ1) is 16.4. The van der Waals surface area contributed by atoms with Gasteiger partial charge in [-0.05, 0) is 24.2 Å². The summed E-state index contributed by atoms with van der Waals surface area (Å²) < 4.78 is 0. The molecule has 35 heavy (non-hydrogen) atoms. The van der Waals surface area contributed by atoms with Crippen molar-refractivity contribution >= 4 is 51.1 Å². The number of amides is 5. The monoisotopic (exact) mass is 529 g/mol. The molecule has 2 saturated heterocycles. The largest absolute Gasteiger partial charge is 0.343 e. The number of fused-ring (bicyclic) bond motifs is 3. The third kappa shape index (κ3) is 8.30. The highest BCUT2D eigenvalue weighted by atomic mass is 33.1. The molecule has 0 radical (unpaired) electrons. The third-order valence-corrected chi connectivity index (χ3v) is 8.62. The summed E-state index contributed by atoms with van der Waals surface area (Å²) in [5, 5.41) is 13.9. The molecule has 0 aromatic carbocycles. The zero-order valence-corrected chi connectivity index (χ0v) is 22.9. The summed E-state index contributed by atoms with van der Waals surface area (Å²) in [6.07, 6.45) is 0.987. The molecule has 2 aliphatic rings. The van der Waals surface area contributed by atoms with Crippen LogP contribution in [0, 0.1) is 17.8 Å². The molecule has 2 heterocycles. The zero-order chi connectivity index (χ0) is 26.3. The van der Waals surface area contributed by atoms with E-state index in [0.29, 0.717) is 24.3 Å². The summed E-state index contributed by atoms with van der Waals surface area (Å²) in [7, 11) is 2.80. The molecule has 2 bridgehead atoms. The fraction of sp³-hybridized carbons (Fsp3) is 0.783. The molecule has 2 rings (SSSR count). The second-order valence-corrected chi connectivity index (χ2v) is 12.5. The fourth-order valence-electron chi connectivity index (χ4n) is 3.84. The van der Waals surface area contributed by atoms with Crippen molar-refractivity contribution in [3.8, 4) is 0 Å². The molecule has 12 heteroatoms. The third-order valence-electron chi connectivity index (χ3n) is 6.20. The lowest BCUT2D eigenvalue weighted by atomic mass is 9.95. The molecule has 2 aliphatic heterocycles. The molecular weight excluding hydrogens is 490 g/mol. The van der Waals surface area contributed by atoms with E-state index in [1.807, 2.05) is 27.7 Å². The lowest BCUT2D eigenvalue weighted by Crippen LogP contribution is -2.60. The molecular formula is C23H39N5O5S2. The second kappa shape index (κ2) is 13.4. The van der Waals surface area contributed by atoms with Crippen molar-refractivity contribution in [2.45, 2.75) is 84.6 Å². The highest BCUT2D eigenvalue weighted by molar-refractivity contribution is 8.76. The van der Waals surface area contributed by atoms with Crippen LogP contribution in [0.2, 0.25) is 0 Å². The number of rotatable bonds is 5. The van der Waals surface area contributed by atoms with Crippen LogP contribution in [0.3, 0.4) is 0 Å². The van der Waals surface area contributed by atoms with Crippen molar-refractivity contribution in [2.75, 3.05) is 11.5 Å². The number of hydrogen-bond donors (Lipinski definition) is 5. The first-order valence-electron chi connectivity index (χ1n) is 12.2. The van der Waals surface area contributed by atoms with Crippen LogP contribution in [0.4, 0.5) is 0 Å². The van der Waals surface area contributed by atoms with Crippen LogP contribution in [0.1, 0.15) is 54.4 Å². The van der Waals surface area contributed by atoms with Crippen LogP contribution < -0.4 is 26.6 Å². The second-order valence-electron chi connectivity index (χ2n) is 9.98. The molecule has 0 aromatic rings. The number of hydrogen-bond acceptors (Lipinski definition) is 7. The average molecular weight is 530 g/mol. The van der Waals surface area contributed by atoms with Gasteiger partial charge >= 0.3 is 0 Å². The summed E-state index contributed by atoms with van der Waals surface area (Å²) in [4.78, 5) is 65.8. The van der Waals surface area contributed by atoms with Gasteiger partial charge in [0.05, 0.1) is 0 Å². The zero-order valence-electron chi connectivity index (χ0n) is 21.3. The first kappa shape index (κ1) is 29.3. The maximum absolute atomic E-state index is 13.3. The van der Waals surface area contributed by atoms with Gasteiger partial charge in [0.2, 0.25) is 29.5 Å². The van der Waals surface area contributed by atoms with Crippen molar-refractivity contribution in [1.82, 2.24) is 26.6 Å². The smallest absolute Gasteiger partial charge is 0.244 e. The van der Waals surface area contributed by atoms with E-state index in [2.05, 4.69) is 26.6 Å². The Labute approximate surface area is 215 Å². The lowest BCUT2D eigenvalue weighted by molar-refractivity contribution is -0.135. The molecule has 198 valence electrons. The van der Waals surface area contributed by atoms with Crippen LogP contribution in [0.15, 0.2) is 0 Å². The topological polar surface area (TPSA) is 146 Å². The Hall–Kier alpha value is -1.95. The van der Waals surface area contributed by atoms with Gasteiger partial charge in [-0.25, -0.2) is 0 Å². The van der Waals surface area contributed by atoms with Gasteiger partial charge in [0, 0.05) is 11.5 Å². The molecule has 0 aromatic heterocycles. The predicted molar refractivity (Wildman–Crippen MR) is 138 cm³/mol. The highest BCUT2D eigenvalue weighted by Gasteiger charge is 2.37. The van der Waals surface area contributed by atoms with E-state index in [1.54, 1.807) is 13.8 Å². The molecule has 6 atom stereocenters. The Morgan fingerprint density at radius 2 is 1.17 bits per heavy atom. The minimum absolute atomic E-state index is 0.0948. The Morgan fingerprint density at radius 3 is 1.69 bits per heavy atom. The van der Waals surface area contributed by atoms with Crippen LogP contribution in [0.25, 0.3) is 0 Å². The van der Waals surface area contributed by atoms with E-state index < -0.39 is 59.7 Å². The molecule has 10 nitrogen and oxygen atoms in total. The van der Waals surface area contributed by atoms with Gasteiger partial charge in [0.15, 0.2) is 0 Å². The minimum Gasteiger partial charge on any atom is -0.343 e. The van der Waals surface area contributed by atoms with Crippen LogP contribution in [-0.2, 0) is 24.0 Å². The van der Waals surface area contributed by atoms with Gasteiger partial charge in [-0.3, -0.25) is 24.0 Å². The fourth-order valence-corrected chi connectivity index (χ4v) is 6.17. The van der Waals surface area contributed by atoms with E-state index in [9.17, 15) is 24.0 Å². The quantitative estimate of drug-likeness (QED) is 0.327. The molecule has 0 aliphatic carbocycles. The molecule has 0 saturated carbocycles. The standard InChI is InChI=1S/C23H39N5O5S2/c1-7-13(6)18-23(33)24-14(8-11(2)3)19(29)25-15-9-34-35-10-16(26-20(15)30)21(31)27-17(12(4)5)22(32)28-18/h11-18H,7-10H2,1-6H3,(H,24,33)(H,25,29)(H,26,30)(H,27,31)(H,28,32)/t13-,14+,15-,16-,17+,18-/m1/s1. The van der Waals surface area contributed by atoms with Crippen molar-refractivity contribution in [3.63, 3.8) is 0 Å². The van der Waals surface area contributed by atoms with Gasteiger partial charge < -0.3 is 26.6 Å². The van der Waals surface area contributed by atoms with Crippen molar-refractivity contribution in [2.24, 2.45) is 17.8 Å². The van der Waals surface area contributed by atoms with Gasteiger partial charge in [-0.1, -0.05) is 69.6 Å². The Balaban J connectivity index is 2.49. The normalized spacial score (nSPS) is 30.2. The molecule has 2 fully saturated rings. The summed E-state index contributed by atoms with van der Waals surface area (Å²) in [5.41, 5.74) is 0. The lowest BCUT2D eigenvalue weighted by Gasteiger charge is -2.30. The van der Waals surface area contributed by atoms with E-state index >= 15 is 0 Å². The average Bonchev–Trinajstić information content (AvgIpc) is 2.77. The van der Waals surface area contributed by atoms with Gasteiger partial charge in [-0.15, -0.1) is 0 Å². The van der Waals surface area contributed by atoms with Crippen molar-refractivity contribution in [3.05, 3.63) is 0 Å². The predicted octanol–water partition coefficient (Wildman–Crippen LogP) is 0.567. The minimum atomic E-state index is -0.894. The van der Waals surface area contributed by atoms with E-state index in [-0.39, 0.29) is 17.8 Å². The van der Waals surface area contributed by atoms with Gasteiger partial charge in [-0.2, -0.15) is 0 Å². The SMILES string of the molecule is CC[C@@H](C)[C@H]1NC(=O)[C@H](C(C)C)NC(=O)[C@H]2CSSC[C@@H](NC(=O)[C@H](CC(C)C)NC1=O)C(=O)N2. The summed E-state index contributed by atoms with van der Waals surface area (Å²) in [6.45, 7) is 11.2. The Kier molecular flexibility index (Phi) is 11.2. The summed E-state index contributed by atoms with van der Waals surface area (Å²) >= 11 is 0. The van der Waals surface area contributed by atoms with Gasteiger partial charge in [0.1, 0.15) is 30.2 Å². The highest BCUT2D eigenvalue weighted by Crippen LogP contribution is 2.25. The summed E-state index contributed by atoms with van der Waals surface area (Å²) in [6, 6.07) is -4.38.